The van der Waals surface area contributed by atoms with Gasteiger partial charge in [-0.1, -0.05) is 25.1 Å². The van der Waals surface area contributed by atoms with E-state index < -0.39 is 6.10 Å². The van der Waals surface area contributed by atoms with E-state index in [1.54, 1.807) is 30.0 Å². The highest BCUT2D eigenvalue weighted by Crippen LogP contribution is 2.36. The number of urea groups is 1. The van der Waals surface area contributed by atoms with Crippen LogP contribution in [0.25, 0.3) is 0 Å². The molecule has 1 aliphatic rings. The number of fused-ring (bicyclic) bond motifs is 1. The Kier molecular flexibility index (Phi) is 4.88. The lowest BCUT2D eigenvalue weighted by Gasteiger charge is -2.33. The van der Waals surface area contributed by atoms with Crippen molar-refractivity contribution in [3.05, 3.63) is 48.5 Å². The molecule has 2 aromatic carbocycles. The van der Waals surface area contributed by atoms with Crippen molar-refractivity contribution in [2.45, 2.75) is 26.4 Å². The van der Waals surface area contributed by atoms with Crippen molar-refractivity contribution in [1.29, 1.82) is 0 Å². The average Bonchev–Trinajstić information content (AvgIpc) is 2.60. The fraction of sp³-hybridized carbons (Fsp3) is 0.263. The Morgan fingerprint density at radius 1 is 1.12 bits per heavy atom. The molecule has 2 aromatic rings. The molecule has 0 aromatic heterocycles. The van der Waals surface area contributed by atoms with Gasteiger partial charge in [-0.3, -0.25) is 4.79 Å². The monoisotopic (exact) mass is 339 g/mol. The number of ether oxygens (including phenoxy) is 1. The summed E-state index contributed by atoms with van der Waals surface area (Å²) >= 11 is 0. The van der Waals surface area contributed by atoms with Crippen LogP contribution in [0.5, 0.6) is 5.75 Å². The summed E-state index contributed by atoms with van der Waals surface area (Å²) in [5, 5.41) is 5.55. The van der Waals surface area contributed by atoms with E-state index in [4.69, 9.17) is 4.74 Å². The Bertz CT molecular complexity index is 777. The third kappa shape index (κ3) is 3.74. The van der Waals surface area contributed by atoms with Crippen molar-refractivity contribution in [3.8, 4) is 5.75 Å². The number of benzene rings is 2. The Morgan fingerprint density at radius 2 is 1.84 bits per heavy atom. The zero-order valence-electron chi connectivity index (χ0n) is 14.3. The summed E-state index contributed by atoms with van der Waals surface area (Å²) in [6, 6.07) is 14.2. The summed E-state index contributed by atoms with van der Waals surface area (Å²) < 4.78 is 5.66. The lowest BCUT2D eigenvalue weighted by Crippen LogP contribution is -2.44. The molecular formula is C19H21N3O3. The molecule has 0 bridgehead atoms. The minimum Gasteiger partial charge on any atom is -0.479 e. The molecule has 0 radical (unpaired) electrons. The maximum Gasteiger partial charge on any atom is 0.323 e. The molecule has 0 fully saturated rings. The van der Waals surface area contributed by atoms with Crippen LogP contribution in [0.15, 0.2) is 48.5 Å². The summed E-state index contributed by atoms with van der Waals surface area (Å²) in [5.74, 6) is 0.579. The van der Waals surface area contributed by atoms with Gasteiger partial charge in [-0.05, 0) is 43.7 Å². The Labute approximate surface area is 146 Å². The van der Waals surface area contributed by atoms with Crippen LogP contribution < -0.4 is 20.3 Å². The van der Waals surface area contributed by atoms with E-state index in [1.807, 2.05) is 37.3 Å². The number of rotatable bonds is 4. The maximum absolute atomic E-state index is 12.4. The van der Waals surface area contributed by atoms with E-state index in [0.717, 1.165) is 6.42 Å². The smallest absolute Gasteiger partial charge is 0.323 e. The Balaban J connectivity index is 1.78. The van der Waals surface area contributed by atoms with Gasteiger partial charge in [-0.25, -0.2) is 4.79 Å². The highest BCUT2D eigenvalue weighted by Gasteiger charge is 2.31. The second-order valence-corrected chi connectivity index (χ2v) is 5.88. The maximum atomic E-state index is 12.4. The first kappa shape index (κ1) is 16.8. The van der Waals surface area contributed by atoms with Crippen LogP contribution in [0.3, 0.4) is 0 Å². The van der Waals surface area contributed by atoms with Gasteiger partial charge in [0, 0.05) is 17.9 Å². The van der Waals surface area contributed by atoms with Crippen LogP contribution in [-0.4, -0.2) is 24.6 Å². The molecule has 6 nitrogen and oxygen atoms in total. The molecule has 1 aliphatic heterocycles. The second-order valence-electron chi connectivity index (χ2n) is 5.88. The van der Waals surface area contributed by atoms with Gasteiger partial charge in [0.25, 0.3) is 5.91 Å². The Hall–Kier alpha value is -3.02. The first-order valence-electron chi connectivity index (χ1n) is 8.33. The SMILES string of the molecule is CCCN1C(=O)C(C)Oc2ccc(NC(=O)Nc3ccccc3)cc21. The van der Waals surface area contributed by atoms with Gasteiger partial charge < -0.3 is 20.3 Å². The second kappa shape index (κ2) is 7.25. The van der Waals surface area contributed by atoms with Gasteiger partial charge in [0.2, 0.25) is 0 Å². The lowest BCUT2D eigenvalue weighted by molar-refractivity contribution is -0.125. The first-order valence-corrected chi connectivity index (χ1v) is 8.33. The standard InChI is InChI=1S/C19H21N3O3/c1-3-11-22-16-12-15(9-10-17(16)25-13(2)18(22)23)21-19(24)20-14-7-5-4-6-8-14/h4-10,12-13H,3,11H2,1-2H3,(H2,20,21,24). The van der Waals surface area contributed by atoms with Crippen molar-refractivity contribution in [2.75, 3.05) is 22.1 Å². The zero-order chi connectivity index (χ0) is 17.8. The van der Waals surface area contributed by atoms with Gasteiger partial charge >= 0.3 is 6.03 Å². The van der Waals surface area contributed by atoms with E-state index >= 15 is 0 Å². The molecule has 2 N–H and O–H groups in total. The number of hydrogen-bond acceptors (Lipinski definition) is 3. The van der Waals surface area contributed by atoms with Crippen molar-refractivity contribution < 1.29 is 14.3 Å². The van der Waals surface area contributed by atoms with Crippen molar-refractivity contribution >= 4 is 29.0 Å². The van der Waals surface area contributed by atoms with E-state index in [2.05, 4.69) is 10.6 Å². The summed E-state index contributed by atoms with van der Waals surface area (Å²) in [6.07, 6.45) is 0.337. The fourth-order valence-corrected chi connectivity index (χ4v) is 2.75. The van der Waals surface area contributed by atoms with Crippen molar-refractivity contribution in [1.82, 2.24) is 0 Å². The number of amides is 3. The largest absolute Gasteiger partial charge is 0.479 e. The number of nitrogens with zero attached hydrogens (tertiary/aromatic N) is 1. The van der Waals surface area contributed by atoms with E-state index in [-0.39, 0.29) is 11.9 Å². The average molecular weight is 339 g/mol. The highest BCUT2D eigenvalue weighted by molar-refractivity contribution is 6.03. The molecular weight excluding hydrogens is 318 g/mol. The van der Waals surface area contributed by atoms with Gasteiger partial charge in [0.1, 0.15) is 5.75 Å². The fourth-order valence-electron chi connectivity index (χ4n) is 2.75. The minimum absolute atomic E-state index is 0.0692. The van der Waals surface area contributed by atoms with Gasteiger partial charge in [0.05, 0.1) is 5.69 Å². The van der Waals surface area contributed by atoms with Crippen LogP contribution >= 0.6 is 0 Å². The van der Waals surface area contributed by atoms with Gasteiger partial charge in [0.15, 0.2) is 6.10 Å². The molecule has 0 saturated carbocycles. The molecule has 130 valence electrons. The molecule has 1 heterocycles. The summed E-state index contributed by atoms with van der Waals surface area (Å²) in [7, 11) is 0. The Morgan fingerprint density at radius 3 is 2.56 bits per heavy atom. The normalized spacial score (nSPS) is 16.0. The van der Waals surface area contributed by atoms with Crippen LogP contribution in [0.4, 0.5) is 21.9 Å². The predicted molar refractivity (Wildman–Crippen MR) is 98.3 cm³/mol. The van der Waals surface area contributed by atoms with E-state index in [0.29, 0.717) is 29.4 Å². The molecule has 1 unspecified atom stereocenters. The minimum atomic E-state index is -0.501. The van der Waals surface area contributed by atoms with E-state index in [1.165, 1.54) is 0 Å². The van der Waals surface area contributed by atoms with Gasteiger partial charge in [-0.2, -0.15) is 0 Å². The van der Waals surface area contributed by atoms with E-state index in [9.17, 15) is 9.59 Å². The number of carbonyl (C=O) groups excluding carboxylic acids is 2. The van der Waals surface area contributed by atoms with Gasteiger partial charge in [-0.15, -0.1) is 0 Å². The van der Waals surface area contributed by atoms with Crippen LogP contribution in [0, 0.1) is 0 Å². The van der Waals surface area contributed by atoms with Crippen LogP contribution in [0.2, 0.25) is 0 Å². The molecule has 0 aliphatic carbocycles. The first-order chi connectivity index (χ1) is 12.1. The topological polar surface area (TPSA) is 70.7 Å². The molecule has 3 rings (SSSR count). The number of nitrogens with one attached hydrogen (secondary N) is 2. The molecule has 3 amide bonds. The predicted octanol–water partition coefficient (Wildman–Crippen LogP) is 3.85. The summed E-state index contributed by atoms with van der Waals surface area (Å²) in [6.45, 7) is 4.37. The van der Waals surface area contributed by atoms with Crippen LogP contribution in [0.1, 0.15) is 20.3 Å². The van der Waals surface area contributed by atoms with Crippen molar-refractivity contribution in [3.63, 3.8) is 0 Å². The molecule has 25 heavy (non-hydrogen) atoms. The molecule has 0 saturated heterocycles. The number of hydrogen-bond donors (Lipinski definition) is 2. The number of para-hydroxylation sites is 1. The quantitative estimate of drug-likeness (QED) is 0.889. The van der Waals surface area contributed by atoms with Crippen molar-refractivity contribution in [2.24, 2.45) is 0 Å². The number of anilines is 3. The molecule has 0 spiro atoms. The lowest BCUT2D eigenvalue weighted by atomic mass is 10.1. The third-order valence-electron chi connectivity index (χ3n) is 3.90. The third-order valence-corrected chi connectivity index (χ3v) is 3.90. The summed E-state index contributed by atoms with van der Waals surface area (Å²) in [4.78, 5) is 26.2. The highest BCUT2D eigenvalue weighted by atomic mass is 16.5. The molecule has 6 heteroatoms. The summed E-state index contributed by atoms with van der Waals surface area (Å²) in [5.41, 5.74) is 1.99. The molecule has 1 atom stereocenters. The number of carbonyl (C=O) groups is 2. The zero-order valence-corrected chi connectivity index (χ0v) is 14.3. The van der Waals surface area contributed by atoms with Crippen LogP contribution in [-0.2, 0) is 4.79 Å².